The zero-order valence-electron chi connectivity index (χ0n) is 9.13. The van der Waals surface area contributed by atoms with Crippen molar-refractivity contribution in [3.63, 3.8) is 0 Å². The second kappa shape index (κ2) is 5.58. The molecular formula is C9H13NO5S2. The van der Waals surface area contributed by atoms with E-state index >= 15 is 0 Å². The van der Waals surface area contributed by atoms with Crippen LogP contribution >= 0.6 is 11.3 Å². The van der Waals surface area contributed by atoms with E-state index in [1.54, 1.807) is 6.92 Å². The minimum Gasteiger partial charge on any atom is -0.477 e. The Hall–Kier alpha value is -0.960. The molecule has 96 valence electrons. The Morgan fingerprint density at radius 3 is 2.65 bits per heavy atom. The summed E-state index contributed by atoms with van der Waals surface area (Å²) in [4.78, 5) is 11.1. The van der Waals surface area contributed by atoms with Gasteiger partial charge in [0.2, 0.25) is 10.0 Å². The minimum atomic E-state index is -3.69. The van der Waals surface area contributed by atoms with Gasteiger partial charge in [-0.15, -0.1) is 11.3 Å². The van der Waals surface area contributed by atoms with Gasteiger partial charge < -0.3 is 10.2 Å². The smallest absolute Gasteiger partial charge is 0.345 e. The van der Waals surface area contributed by atoms with Crippen LogP contribution in [-0.2, 0) is 10.0 Å². The summed E-state index contributed by atoms with van der Waals surface area (Å²) in [6.07, 6.45) is 0.314. The molecule has 0 unspecified atom stereocenters. The highest BCUT2D eigenvalue weighted by Gasteiger charge is 2.21. The molecule has 1 aromatic heterocycles. The Kier molecular flexibility index (Phi) is 4.63. The van der Waals surface area contributed by atoms with E-state index in [0.717, 1.165) is 17.4 Å². The van der Waals surface area contributed by atoms with Gasteiger partial charge in [0.1, 0.15) is 4.88 Å². The fourth-order valence-corrected chi connectivity index (χ4v) is 3.70. The molecule has 0 saturated carbocycles. The number of aliphatic hydroxyl groups is 1. The van der Waals surface area contributed by atoms with E-state index in [1.165, 1.54) is 0 Å². The molecule has 0 aliphatic rings. The molecular weight excluding hydrogens is 266 g/mol. The predicted molar refractivity (Wildman–Crippen MR) is 62.9 cm³/mol. The average molecular weight is 279 g/mol. The molecule has 0 aromatic carbocycles. The summed E-state index contributed by atoms with van der Waals surface area (Å²) in [5.74, 6) is -1.14. The normalized spacial score (nSPS) is 11.6. The topological polar surface area (TPSA) is 104 Å². The van der Waals surface area contributed by atoms with Crippen LogP contribution in [0.2, 0.25) is 0 Å². The average Bonchev–Trinajstić information content (AvgIpc) is 2.61. The first-order chi connectivity index (χ1) is 7.88. The molecule has 0 aliphatic heterocycles. The largest absolute Gasteiger partial charge is 0.477 e. The van der Waals surface area contributed by atoms with Crippen molar-refractivity contribution < 1.29 is 23.4 Å². The van der Waals surface area contributed by atoms with Crippen LogP contribution in [0, 0.1) is 6.92 Å². The Balaban J connectivity index is 2.95. The van der Waals surface area contributed by atoms with Crippen LogP contribution in [0.3, 0.4) is 0 Å². The minimum absolute atomic E-state index is 0.00923. The fraction of sp³-hybridized carbons (Fsp3) is 0.444. The van der Waals surface area contributed by atoms with E-state index in [4.69, 9.17) is 10.2 Å². The highest BCUT2D eigenvalue weighted by Crippen LogP contribution is 2.25. The summed E-state index contributed by atoms with van der Waals surface area (Å²) in [6, 6.07) is 1.14. The lowest BCUT2D eigenvalue weighted by molar-refractivity contribution is 0.0702. The number of hydrogen-bond acceptors (Lipinski definition) is 5. The first-order valence-corrected chi connectivity index (χ1v) is 7.12. The molecule has 1 rings (SSSR count). The number of nitrogens with one attached hydrogen (secondary N) is 1. The zero-order valence-corrected chi connectivity index (χ0v) is 10.8. The van der Waals surface area contributed by atoms with Crippen molar-refractivity contribution in [1.29, 1.82) is 0 Å². The van der Waals surface area contributed by atoms with Gasteiger partial charge in [0.25, 0.3) is 0 Å². The number of carboxylic acid groups (broad SMARTS) is 1. The van der Waals surface area contributed by atoms with E-state index in [2.05, 4.69) is 4.72 Å². The fourth-order valence-electron chi connectivity index (χ4n) is 1.20. The first-order valence-electron chi connectivity index (χ1n) is 4.82. The molecule has 1 heterocycles. The lowest BCUT2D eigenvalue weighted by Gasteiger charge is -2.04. The summed E-state index contributed by atoms with van der Waals surface area (Å²) in [5, 5.41) is 17.3. The van der Waals surface area contributed by atoms with Gasteiger partial charge in [-0.05, 0) is 19.4 Å². The molecule has 0 amide bonds. The van der Waals surface area contributed by atoms with Crippen molar-refractivity contribution in [1.82, 2.24) is 4.72 Å². The van der Waals surface area contributed by atoms with Crippen molar-refractivity contribution in [3.8, 4) is 0 Å². The van der Waals surface area contributed by atoms with E-state index in [-0.39, 0.29) is 22.9 Å². The lowest BCUT2D eigenvalue weighted by Crippen LogP contribution is -2.25. The molecule has 0 radical (unpaired) electrons. The molecule has 0 aliphatic carbocycles. The van der Waals surface area contributed by atoms with Crippen LogP contribution in [0.1, 0.15) is 21.0 Å². The Morgan fingerprint density at radius 1 is 1.53 bits per heavy atom. The van der Waals surface area contributed by atoms with E-state index in [1.807, 2.05) is 0 Å². The van der Waals surface area contributed by atoms with Crippen molar-refractivity contribution in [2.45, 2.75) is 18.2 Å². The number of hydrogen-bond donors (Lipinski definition) is 3. The third-order valence-corrected chi connectivity index (χ3v) is 4.75. The highest BCUT2D eigenvalue weighted by molar-refractivity contribution is 7.89. The quantitative estimate of drug-likeness (QED) is 0.655. The van der Waals surface area contributed by atoms with Crippen molar-refractivity contribution in [2.75, 3.05) is 13.2 Å². The van der Waals surface area contributed by atoms with E-state index < -0.39 is 16.0 Å². The highest BCUT2D eigenvalue weighted by atomic mass is 32.2. The molecule has 3 N–H and O–H groups in total. The SMILES string of the molecule is Cc1sc(C(=O)O)cc1S(=O)(=O)NCCCO. The van der Waals surface area contributed by atoms with E-state index in [0.29, 0.717) is 11.3 Å². The molecule has 0 saturated heterocycles. The Labute approximate surface area is 103 Å². The number of aromatic carboxylic acids is 1. The second-order valence-electron chi connectivity index (χ2n) is 3.31. The van der Waals surface area contributed by atoms with Gasteiger partial charge in [-0.3, -0.25) is 0 Å². The molecule has 0 spiro atoms. The maximum Gasteiger partial charge on any atom is 0.345 e. The number of sulfonamides is 1. The van der Waals surface area contributed by atoms with Gasteiger partial charge >= 0.3 is 5.97 Å². The van der Waals surface area contributed by atoms with Gasteiger partial charge in [0, 0.05) is 18.0 Å². The van der Waals surface area contributed by atoms with Crippen molar-refractivity contribution >= 4 is 27.3 Å². The number of aryl methyl sites for hydroxylation is 1. The predicted octanol–water partition coefficient (Wildman–Crippen LogP) is 0.415. The Morgan fingerprint density at radius 2 is 2.18 bits per heavy atom. The van der Waals surface area contributed by atoms with Gasteiger partial charge in [0.05, 0.1) is 4.90 Å². The summed E-state index contributed by atoms with van der Waals surface area (Å²) < 4.78 is 25.9. The third kappa shape index (κ3) is 3.50. The molecule has 8 heteroatoms. The maximum absolute atomic E-state index is 11.8. The van der Waals surface area contributed by atoms with Crippen LogP contribution in [0.25, 0.3) is 0 Å². The molecule has 0 fully saturated rings. The number of carboxylic acids is 1. The van der Waals surface area contributed by atoms with Crippen LogP contribution < -0.4 is 4.72 Å². The summed E-state index contributed by atoms with van der Waals surface area (Å²) in [5.41, 5.74) is 0. The van der Waals surface area contributed by atoms with Gasteiger partial charge in [-0.25, -0.2) is 17.9 Å². The first kappa shape index (κ1) is 14.1. The molecule has 6 nitrogen and oxygen atoms in total. The summed E-state index contributed by atoms with van der Waals surface area (Å²) in [7, 11) is -3.69. The maximum atomic E-state index is 11.8. The molecule has 0 atom stereocenters. The monoisotopic (exact) mass is 279 g/mol. The zero-order chi connectivity index (χ0) is 13.1. The second-order valence-corrected chi connectivity index (χ2v) is 6.30. The number of thiophene rings is 1. The van der Waals surface area contributed by atoms with Gasteiger partial charge in [-0.2, -0.15) is 0 Å². The van der Waals surface area contributed by atoms with Gasteiger partial charge in [0.15, 0.2) is 0 Å². The Bertz CT molecular complexity index is 505. The van der Waals surface area contributed by atoms with Gasteiger partial charge in [-0.1, -0.05) is 0 Å². The van der Waals surface area contributed by atoms with Crippen molar-refractivity contribution in [2.24, 2.45) is 0 Å². The summed E-state index contributed by atoms with van der Waals surface area (Å²) in [6.45, 7) is 1.57. The third-order valence-electron chi connectivity index (χ3n) is 2.00. The number of rotatable bonds is 6. The van der Waals surface area contributed by atoms with Crippen LogP contribution in [-0.4, -0.2) is 37.8 Å². The van der Waals surface area contributed by atoms with Crippen LogP contribution in [0.4, 0.5) is 0 Å². The molecule has 1 aromatic rings. The van der Waals surface area contributed by atoms with E-state index in [9.17, 15) is 13.2 Å². The number of carbonyl (C=O) groups is 1. The van der Waals surface area contributed by atoms with Crippen LogP contribution in [0.15, 0.2) is 11.0 Å². The molecule has 0 bridgehead atoms. The lowest BCUT2D eigenvalue weighted by atomic mass is 10.4. The summed E-state index contributed by atoms with van der Waals surface area (Å²) >= 11 is 0.920. The number of aliphatic hydroxyl groups excluding tert-OH is 1. The standard InChI is InChI=1S/C9H13NO5S2/c1-6-8(5-7(16-6)9(12)13)17(14,15)10-3-2-4-11/h5,10-11H,2-4H2,1H3,(H,12,13). The molecule has 17 heavy (non-hydrogen) atoms. The van der Waals surface area contributed by atoms with Crippen molar-refractivity contribution in [3.05, 3.63) is 15.8 Å². The van der Waals surface area contributed by atoms with Crippen LogP contribution in [0.5, 0.6) is 0 Å².